The number of rotatable bonds is 4. The van der Waals surface area contributed by atoms with Crippen LogP contribution in [0.5, 0.6) is 0 Å². The molecule has 0 spiro atoms. The summed E-state index contributed by atoms with van der Waals surface area (Å²) in [5, 5.41) is 2.17. The summed E-state index contributed by atoms with van der Waals surface area (Å²) in [7, 11) is 1.21. The molecule has 0 saturated carbocycles. The number of hydrogen-bond acceptors (Lipinski definition) is 5. The van der Waals surface area contributed by atoms with Crippen LogP contribution in [0, 0.1) is 0 Å². The van der Waals surface area contributed by atoms with Gasteiger partial charge in [-0.15, -0.1) is 0 Å². The lowest BCUT2D eigenvalue weighted by molar-refractivity contribution is 0.0470. The van der Waals surface area contributed by atoms with Crippen molar-refractivity contribution in [1.29, 1.82) is 0 Å². The standard InChI is InChI=1S/C12H12N2O5/c1-13-12(17)14-7-19-11(16)9-6-4-3-5-8(9)10(15)18-2/h3-6H,1,7H2,2H3,(H,14,17). The number of urea groups is 1. The van der Waals surface area contributed by atoms with Crippen LogP contribution in [0.1, 0.15) is 20.7 Å². The normalized spacial score (nSPS) is 9.32. The minimum absolute atomic E-state index is 0.0511. The maximum Gasteiger partial charge on any atom is 0.342 e. The molecule has 0 aromatic heterocycles. The van der Waals surface area contributed by atoms with E-state index in [0.29, 0.717) is 0 Å². The van der Waals surface area contributed by atoms with Crippen molar-refractivity contribution in [2.75, 3.05) is 13.8 Å². The first-order valence-electron chi connectivity index (χ1n) is 5.19. The van der Waals surface area contributed by atoms with Gasteiger partial charge in [0, 0.05) is 0 Å². The van der Waals surface area contributed by atoms with Gasteiger partial charge >= 0.3 is 18.0 Å². The predicted octanol–water partition coefficient (Wildman–Crippen LogP) is 0.998. The van der Waals surface area contributed by atoms with Gasteiger partial charge in [0.25, 0.3) is 0 Å². The molecule has 0 fully saturated rings. The van der Waals surface area contributed by atoms with E-state index in [2.05, 4.69) is 21.8 Å². The Bertz CT molecular complexity index is 513. The first-order valence-corrected chi connectivity index (χ1v) is 5.19. The molecule has 7 heteroatoms. The van der Waals surface area contributed by atoms with Gasteiger partial charge in [-0.25, -0.2) is 19.4 Å². The highest BCUT2D eigenvalue weighted by molar-refractivity contribution is 6.03. The zero-order valence-corrected chi connectivity index (χ0v) is 10.2. The van der Waals surface area contributed by atoms with Crippen molar-refractivity contribution in [3.05, 3.63) is 35.4 Å². The molecule has 0 aliphatic rings. The summed E-state index contributed by atoms with van der Waals surface area (Å²) in [6.07, 6.45) is 0. The molecule has 2 amide bonds. The minimum atomic E-state index is -0.759. The maximum atomic E-state index is 11.7. The summed E-state index contributed by atoms with van der Waals surface area (Å²) in [4.78, 5) is 37.0. The van der Waals surface area contributed by atoms with Gasteiger partial charge in [0.15, 0.2) is 6.73 Å². The van der Waals surface area contributed by atoms with E-state index in [9.17, 15) is 14.4 Å². The van der Waals surface area contributed by atoms with Gasteiger partial charge in [0.2, 0.25) is 0 Å². The van der Waals surface area contributed by atoms with Crippen molar-refractivity contribution < 1.29 is 23.9 Å². The Kier molecular flexibility index (Phi) is 5.21. The molecule has 0 heterocycles. The van der Waals surface area contributed by atoms with E-state index in [4.69, 9.17) is 4.74 Å². The number of methoxy groups -OCH3 is 1. The van der Waals surface area contributed by atoms with Crippen molar-refractivity contribution in [3.63, 3.8) is 0 Å². The van der Waals surface area contributed by atoms with Crippen LogP contribution < -0.4 is 5.32 Å². The van der Waals surface area contributed by atoms with Crippen LogP contribution in [0.15, 0.2) is 29.3 Å². The Morgan fingerprint density at radius 2 is 1.79 bits per heavy atom. The first kappa shape index (κ1) is 14.4. The second-order valence-electron chi connectivity index (χ2n) is 3.25. The van der Waals surface area contributed by atoms with E-state index in [0.717, 1.165) is 0 Å². The van der Waals surface area contributed by atoms with Crippen LogP contribution in [0.2, 0.25) is 0 Å². The lowest BCUT2D eigenvalue weighted by atomic mass is 10.1. The fourth-order valence-corrected chi connectivity index (χ4v) is 1.25. The third kappa shape index (κ3) is 3.91. The second-order valence-corrected chi connectivity index (χ2v) is 3.25. The van der Waals surface area contributed by atoms with E-state index in [1.165, 1.54) is 19.2 Å². The quantitative estimate of drug-likeness (QED) is 0.497. The highest BCUT2D eigenvalue weighted by Crippen LogP contribution is 2.11. The van der Waals surface area contributed by atoms with E-state index >= 15 is 0 Å². The summed E-state index contributed by atoms with van der Waals surface area (Å²) < 4.78 is 9.32. The molecular formula is C12H12N2O5. The molecule has 0 bridgehead atoms. The van der Waals surface area contributed by atoms with Crippen molar-refractivity contribution >= 4 is 24.7 Å². The average Bonchev–Trinajstić information content (AvgIpc) is 2.45. The number of aliphatic imine (C=N–C) groups is 1. The number of esters is 2. The highest BCUT2D eigenvalue weighted by atomic mass is 16.5. The molecule has 0 aliphatic heterocycles. The summed E-state index contributed by atoms with van der Waals surface area (Å²) in [6, 6.07) is 5.31. The maximum absolute atomic E-state index is 11.7. The van der Waals surface area contributed by atoms with Gasteiger partial charge in [0.05, 0.1) is 18.2 Å². The zero-order chi connectivity index (χ0) is 14.3. The predicted molar refractivity (Wildman–Crippen MR) is 66.1 cm³/mol. The monoisotopic (exact) mass is 264 g/mol. The smallest absolute Gasteiger partial charge is 0.342 e. The molecule has 100 valence electrons. The lowest BCUT2D eigenvalue weighted by Crippen LogP contribution is -2.25. The second kappa shape index (κ2) is 6.90. The molecule has 1 N–H and O–H groups in total. The number of ether oxygens (including phenoxy) is 2. The van der Waals surface area contributed by atoms with Gasteiger partial charge in [-0.3, -0.25) is 0 Å². The Balaban J connectivity index is 2.74. The highest BCUT2D eigenvalue weighted by Gasteiger charge is 2.18. The van der Waals surface area contributed by atoms with Gasteiger partial charge in [-0.05, 0) is 18.9 Å². The molecular weight excluding hydrogens is 252 g/mol. The third-order valence-corrected chi connectivity index (χ3v) is 2.12. The van der Waals surface area contributed by atoms with Gasteiger partial charge in [-0.2, -0.15) is 0 Å². The largest absolute Gasteiger partial charge is 0.465 e. The van der Waals surface area contributed by atoms with Crippen LogP contribution in [0.25, 0.3) is 0 Å². The summed E-state index contributed by atoms with van der Waals surface area (Å²) in [5.41, 5.74) is 0.137. The molecule has 0 aliphatic carbocycles. The SMILES string of the molecule is C=NC(=O)NCOC(=O)c1ccccc1C(=O)OC. The fourth-order valence-electron chi connectivity index (χ4n) is 1.25. The van der Waals surface area contributed by atoms with Crippen LogP contribution in [-0.4, -0.2) is 38.5 Å². The Morgan fingerprint density at radius 1 is 1.21 bits per heavy atom. The van der Waals surface area contributed by atoms with Crippen molar-refractivity contribution in [2.45, 2.75) is 0 Å². The van der Waals surface area contributed by atoms with Crippen molar-refractivity contribution in [2.24, 2.45) is 4.99 Å². The minimum Gasteiger partial charge on any atom is -0.465 e. The topological polar surface area (TPSA) is 94.1 Å². The van der Waals surface area contributed by atoms with E-state index < -0.39 is 18.0 Å². The van der Waals surface area contributed by atoms with Gasteiger partial charge in [-0.1, -0.05) is 12.1 Å². The van der Waals surface area contributed by atoms with Crippen molar-refractivity contribution in [1.82, 2.24) is 5.32 Å². The lowest BCUT2D eigenvalue weighted by Gasteiger charge is -2.08. The molecule has 7 nitrogen and oxygen atoms in total. The Morgan fingerprint density at radius 3 is 2.32 bits per heavy atom. The molecule has 19 heavy (non-hydrogen) atoms. The van der Waals surface area contributed by atoms with Crippen LogP contribution >= 0.6 is 0 Å². The number of nitrogens with zero attached hydrogens (tertiary/aromatic N) is 1. The molecule has 0 atom stereocenters. The number of benzene rings is 1. The van der Waals surface area contributed by atoms with E-state index in [-0.39, 0.29) is 17.9 Å². The van der Waals surface area contributed by atoms with Crippen molar-refractivity contribution in [3.8, 4) is 0 Å². The number of carbonyl (C=O) groups excluding carboxylic acids is 3. The molecule has 0 radical (unpaired) electrons. The Labute approximate surface area is 109 Å². The zero-order valence-electron chi connectivity index (χ0n) is 10.2. The van der Waals surface area contributed by atoms with Crippen LogP contribution in [0.3, 0.4) is 0 Å². The summed E-state index contributed by atoms with van der Waals surface area (Å²) >= 11 is 0. The molecule has 1 aromatic carbocycles. The van der Waals surface area contributed by atoms with E-state index in [1.54, 1.807) is 12.1 Å². The van der Waals surface area contributed by atoms with Gasteiger partial charge < -0.3 is 14.8 Å². The average molecular weight is 264 g/mol. The van der Waals surface area contributed by atoms with E-state index in [1.807, 2.05) is 0 Å². The molecule has 0 saturated heterocycles. The van der Waals surface area contributed by atoms with Crippen LogP contribution in [0.4, 0.5) is 4.79 Å². The number of amides is 2. The summed E-state index contributed by atoms with van der Waals surface area (Å²) in [5.74, 6) is -1.41. The Hall–Kier alpha value is -2.70. The first-order chi connectivity index (χ1) is 9.10. The molecule has 1 aromatic rings. The fraction of sp³-hybridized carbons (Fsp3) is 0.167. The van der Waals surface area contributed by atoms with Gasteiger partial charge in [0.1, 0.15) is 0 Å². The van der Waals surface area contributed by atoms with Crippen LogP contribution in [-0.2, 0) is 9.47 Å². The number of hydrogen-bond donors (Lipinski definition) is 1. The number of nitrogens with one attached hydrogen (secondary N) is 1. The number of carbonyl (C=O) groups is 3. The molecule has 1 rings (SSSR count). The third-order valence-electron chi connectivity index (χ3n) is 2.12. The summed E-state index contributed by atoms with van der Waals surface area (Å²) in [6.45, 7) is 2.63. The molecule has 0 unspecified atom stereocenters.